The second-order valence-electron chi connectivity index (χ2n) is 5.44. The molecule has 0 fully saturated rings. The van der Waals surface area contributed by atoms with Gasteiger partial charge in [0.25, 0.3) is 11.6 Å². The van der Waals surface area contributed by atoms with Crippen LogP contribution in [0.15, 0.2) is 54.6 Å². The van der Waals surface area contributed by atoms with Crippen LogP contribution >= 0.6 is 0 Å². The van der Waals surface area contributed by atoms with E-state index in [1.807, 2.05) is 0 Å². The Morgan fingerprint density at radius 3 is 2.41 bits per heavy atom. The Bertz CT molecular complexity index is 903. The van der Waals surface area contributed by atoms with Crippen LogP contribution in [0, 0.1) is 10.1 Å². The average molecular weight is 368 g/mol. The standard InChI is InChI=1S/C19H16N2O6/c1-13(22)16-4-2-3-5-17(16)20-18(23)12-27-19(24)11-8-14-6-9-15(10-7-14)21(25)26/h2-11H,12H2,1H3,(H,20,23)/b11-8+. The molecule has 0 aliphatic heterocycles. The number of ether oxygens (including phenoxy) is 1. The molecule has 0 saturated carbocycles. The van der Waals surface area contributed by atoms with Gasteiger partial charge in [0.2, 0.25) is 0 Å². The van der Waals surface area contributed by atoms with Gasteiger partial charge >= 0.3 is 5.97 Å². The van der Waals surface area contributed by atoms with Crippen molar-refractivity contribution in [3.63, 3.8) is 0 Å². The number of non-ortho nitro benzene ring substituents is 1. The second-order valence-corrected chi connectivity index (χ2v) is 5.44. The predicted molar refractivity (Wildman–Crippen MR) is 98.2 cm³/mol. The van der Waals surface area contributed by atoms with Crippen molar-refractivity contribution in [2.45, 2.75) is 6.92 Å². The fourth-order valence-corrected chi connectivity index (χ4v) is 2.14. The Balaban J connectivity index is 1.87. The largest absolute Gasteiger partial charge is 0.452 e. The van der Waals surface area contributed by atoms with Crippen LogP contribution in [0.25, 0.3) is 6.08 Å². The molecule has 0 atom stereocenters. The molecule has 8 heteroatoms. The van der Waals surface area contributed by atoms with Crippen LogP contribution < -0.4 is 5.32 Å². The van der Waals surface area contributed by atoms with Crippen molar-refractivity contribution in [2.75, 3.05) is 11.9 Å². The molecule has 2 aromatic carbocycles. The number of Topliss-reactive ketones (excluding diaryl/α,β-unsaturated/α-hetero) is 1. The Hall–Kier alpha value is -3.81. The summed E-state index contributed by atoms with van der Waals surface area (Å²) in [6, 6.07) is 12.1. The van der Waals surface area contributed by atoms with Gasteiger partial charge in [-0.2, -0.15) is 0 Å². The highest BCUT2D eigenvalue weighted by Gasteiger charge is 2.11. The summed E-state index contributed by atoms with van der Waals surface area (Å²) in [4.78, 5) is 45.1. The van der Waals surface area contributed by atoms with Crippen molar-refractivity contribution in [3.05, 3.63) is 75.8 Å². The number of hydrogen-bond acceptors (Lipinski definition) is 6. The summed E-state index contributed by atoms with van der Waals surface area (Å²) >= 11 is 0. The molecular weight excluding hydrogens is 352 g/mol. The number of nitrogens with zero attached hydrogens (tertiary/aromatic N) is 1. The van der Waals surface area contributed by atoms with Crippen molar-refractivity contribution < 1.29 is 24.0 Å². The van der Waals surface area contributed by atoms with Gasteiger partial charge in [0.05, 0.1) is 10.6 Å². The Labute approximate surface area is 154 Å². The van der Waals surface area contributed by atoms with Crippen molar-refractivity contribution >= 4 is 35.1 Å². The molecule has 0 bridgehead atoms. The summed E-state index contributed by atoms with van der Waals surface area (Å²) < 4.78 is 4.83. The van der Waals surface area contributed by atoms with E-state index in [9.17, 15) is 24.5 Å². The van der Waals surface area contributed by atoms with E-state index in [4.69, 9.17) is 4.74 Å². The number of benzene rings is 2. The monoisotopic (exact) mass is 368 g/mol. The molecule has 138 valence electrons. The van der Waals surface area contributed by atoms with Gasteiger partial charge in [-0.05, 0) is 42.8 Å². The number of carbonyl (C=O) groups excluding carboxylic acids is 3. The summed E-state index contributed by atoms with van der Waals surface area (Å²) in [5, 5.41) is 13.1. The molecule has 0 spiro atoms. The highest BCUT2D eigenvalue weighted by atomic mass is 16.6. The molecule has 0 radical (unpaired) electrons. The van der Waals surface area contributed by atoms with E-state index in [0.29, 0.717) is 16.8 Å². The summed E-state index contributed by atoms with van der Waals surface area (Å²) in [5.74, 6) is -1.53. The number of nitro benzene ring substituents is 1. The number of esters is 1. The second kappa shape index (κ2) is 9.04. The van der Waals surface area contributed by atoms with Gasteiger partial charge in [0.1, 0.15) is 0 Å². The van der Waals surface area contributed by atoms with E-state index in [1.54, 1.807) is 24.3 Å². The molecule has 2 rings (SSSR count). The Morgan fingerprint density at radius 2 is 1.78 bits per heavy atom. The molecule has 0 aliphatic carbocycles. The minimum absolute atomic E-state index is 0.0581. The van der Waals surface area contributed by atoms with Gasteiger partial charge in [-0.1, -0.05) is 12.1 Å². The number of nitro groups is 1. The van der Waals surface area contributed by atoms with Gasteiger partial charge in [-0.3, -0.25) is 19.7 Å². The molecule has 1 amide bonds. The maximum absolute atomic E-state index is 11.9. The zero-order chi connectivity index (χ0) is 19.8. The minimum atomic E-state index is -0.747. The number of nitrogens with one attached hydrogen (secondary N) is 1. The predicted octanol–water partition coefficient (Wildman–Crippen LogP) is 2.99. The lowest BCUT2D eigenvalue weighted by Gasteiger charge is -2.08. The maximum Gasteiger partial charge on any atom is 0.331 e. The molecule has 1 N–H and O–H groups in total. The van der Waals surface area contributed by atoms with Gasteiger partial charge in [0.15, 0.2) is 12.4 Å². The van der Waals surface area contributed by atoms with Gasteiger partial charge in [0, 0.05) is 23.8 Å². The van der Waals surface area contributed by atoms with E-state index in [0.717, 1.165) is 6.08 Å². The molecule has 27 heavy (non-hydrogen) atoms. The maximum atomic E-state index is 11.9. The lowest BCUT2D eigenvalue weighted by atomic mass is 10.1. The molecular formula is C19H16N2O6. The zero-order valence-corrected chi connectivity index (χ0v) is 14.4. The van der Waals surface area contributed by atoms with Crippen LogP contribution in [0.4, 0.5) is 11.4 Å². The molecule has 0 saturated heterocycles. The number of ketones is 1. The molecule has 0 aromatic heterocycles. The summed E-state index contributed by atoms with van der Waals surface area (Å²) in [5.41, 5.74) is 1.21. The number of para-hydroxylation sites is 1. The summed E-state index contributed by atoms with van der Waals surface area (Å²) in [6.45, 7) is 0.865. The van der Waals surface area contributed by atoms with Crippen LogP contribution in [0.5, 0.6) is 0 Å². The highest BCUT2D eigenvalue weighted by molar-refractivity contribution is 6.04. The Morgan fingerprint density at radius 1 is 1.11 bits per heavy atom. The normalized spacial score (nSPS) is 10.4. The van der Waals surface area contributed by atoms with Crippen LogP contribution in [0.3, 0.4) is 0 Å². The first kappa shape index (κ1) is 19.5. The number of anilines is 1. The fourth-order valence-electron chi connectivity index (χ4n) is 2.14. The van der Waals surface area contributed by atoms with Crippen LogP contribution in [-0.2, 0) is 14.3 Å². The average Bonchev–Trinajstić information content (AvgIpc) is 2.65. The van der Waals surface area contributed by atoms with E-state index in [1.165, 1.54) is 37.3 Å². The quantitative estimate of drug-likeness (QED) is 0.264. The number of amides is 1. The van der Waals surface area contributed by atoms with Crippen LogP contribution in [0.2, 0.25) is 0 Å². The third-order valence-electron chi connectivity index (χ3n) is 3.44. The molecule has 0 unspecified atom stereocenters. The zero-order valence-electron chi connectivity index (χ0n) is 14.4. The van der Waals surface area contributed by atoms with Crippen LogP contribution in [-0.4, -0.2) is 29.2 Å². The number of carbonyl (C=O) groups is 3. The van der Waals surface area contributed by atoms with E-state index >= 15 is 0 Å². The van der Waals surface area contributed by atoms with Crippen LogP contribution in [0.1, 0.15) is 22.8 Å². The minimum Gasteiger partial charge on any atom is -0.452 e. The smallest absolute Gasteiger partial charge is 0.331 e. The van der Waals surface area contributed by atoms with E-state index in [2.05, 4.69) is 5.32 Å². The third-order valence-corrected chi connectivity index (χ3v) is 3.44. The first-order valence-corrected chi connectivity index (χ1v) is 7.86. The third kappa shape index (κ3) is 5.89. The fraction of sp³-hybridized carbons (Fsp3) is 0.105. The van der Waals surface area contributed by atoms with Crippen molar-refractivity contribution in [3.8, 4) is 0 Å². The van der Waals surface area contributed by atoms with Crippen molar-refractivity contribution in [1.29, 1.82) is 0 Å². The van der Waals surface area contributed by atoms with Crippen molar-refractivity contribution in [2.24, 2.45) is 0 Å². The lowest BCUT2D eigenvalue weighted by molar-refractivity contribution is -0.384. The van der Waals surface area contributed by atoms with Gasteiger partial charge in [-0.25, -0.2) is 4.79 Å². The first-order valence-electron chi connectivity index (χ1n) is 7.86. The van der Waals surface area contributed by atoms with E-state index in [-0.39, 0.29) is 11.5 Å². The summed E-state index contributed by atoms with van der Waals surface area (Å²) in [6.07, 6.45) is 2.52. The molecule has 8 nitrogen and oxygen atoms in total. The Kier molecular flexibility index (Phi) is 6.54. The number of hydrogen-bond donors (Lipinski definition) is 1. The molecule has 0 aliphatic rings. The topological polar surface area (TPSA) is 116 Å². The van der Waals surface area contributed by atoms with Gasteiger partial charge in [-0.15, -0.1) is 0 Å². The SMILES string of the molecule is CC(=O)c1ccccc1NC(=O)COC(=O)/C=C/c1ccc([N+](=O)[O-])cc1. The number of rotatable bonds is 7. The van der Waals surface area contributed by atoms with Crippen molar-refractivity contribution in [1.82, 2.24) is 0 Å². The molecule has 2 aromatic rings. The van der Waals surface area contributed by atoms with E-state index < -0.39 is 23.4 Å². The summed E-state index contributed by atoms with van der Waals surface area (Å²) in [7, 11) is 0. The highest BCUT2D eigenvalue weighted by Crippen LogP contribution is 2.15. The molecule has 0 heterocycles. The lowest BCUT2D eigenvalue weighted by Crippen LogP contribution is -2.21. The van der Waals surface area contributed by atoms with Gasteiger partial charge < -0.3 is 10.1 Å². The first-order chi connectivity index (χ1) is 12.9.